The Morgan fingerprint density at radius 2 is 2.21 bits per heavy atom. The normalized spacial score (nSPS) is 9.79. The van der Waals surface area contributed by atoms with Crippen molar-refractivity contribution in [2.24, 2.45) is 5.73 Å². The Balaban J connectivity index is 2.31. The summed E-state index contributed by atoms with van der Waals surface area (Å²) in [4.78, 5) is 0. The Morgan fingerprint density at radius 1 is 1.50 bits per heavy atom. The van der Waals surface area contributed by atoms with Gasteiger partial charge >= 0.3 is 0 Å². The highest BCUT2D eigenvalue weighted by Crippen LogP contribution is 2.16. The van der Waals surface area contributed by atoms with Gasteiger partial charge in [-0.05, 0) is 18.6 Å². The molecule has 0 saturated carbocycles. The third kappa shape index (κ3) is 3.70. The molecule has 0 saturated heterocycles. The lowest BCUT2D eigenvalue weighted by Gasteiger charge is -2.07. The SMILES string of the molecule is Cc1ccccc1OCCSC(=N)N. The number of nitrogens with one attached hydrogen (secondary N) is 1. The molecule has 3 N–H and O–H groups in total. The maximum atomic E-state index is 7.00. The molecule has 0 spiro atoms. The highest BCUT2D eigenvalue weighted by molar-refractivity contribution is 8.13. The second-order valence-electron chi connectivity index (χ2n) is 2.83. The zero-order valence-electron chi connectivity index (χ0n) is 8.12. The number of ether oxygens (including phenoxy) is 1. The second kappa shape index (κ2) is 5.54. The van der Waals surface area contributed by atoms with Crippen molar-refractivity contribution in [1.29, 1.82) is 5.41 Å². The number of para-hydroxylation sites is 1. The number of hydrogen-bond donors (Lipinski definition) is 2. The molecule has 0 unspecified atom stereocenters. The number of hydrogen-bond acceptors (Lipinski definition) is 3. The average Bonchev–Trinajstić information content (AvgIpc) is 2.15. The summed E-state index contributed by atoms with van der Waals surface area (Å²) in [6.07, 6.45) is 0. The van der Waals surface area contributed by atoms with Crippen molar-refractivity contribution in [3.63, 3.8) is 0 Å². The van der Waals surface area contributed by atoms with Gasteiger partial charge in [-0.15, -0.1) is 0 Å². The van der Waals surface area contributed by atoms with Crippen LogP contribution in [0.1, 0.15) is 5.56 Å². The molecule has 0 bridgehead atoms. The lowest BCUT2D eigenvalue weighted by Crippen LogP contribution is -2.08. The molecular weight excluding hydrogens is 196 g/mol. The molecule has 0 amide bonds. The van der Waals surface area contributed by atoms with Crippen LogP contribution in [-0.2, 0) is 0 Å². The largest absolute Gasteiger partial charge is 0.492 e. The van der Waals surface area contributed by atoms with E-state index in [2.05, 4.69) is 0 Å². The minimum atomic E-state index is 0.137. The molecule has 0 fully saturated rings. The van der Waals surface area contributed by atoms with Crippen LogP contribution in [0.3, 0.4) is 0 Å². The van der Waals surface area contributed by atoms with Crippen molar-refractivity contribution in [3.8, 4) is 5.75 Å². The van der Waals surface area contributed by atoms with Crippen LogP contribution < -0.4 is 10.5 Å². The topological polar surface area (TPSA) is 59.1 Å². The molecule has 1 aromatic rings. The first-order chi connectivity index (χ1) is 6.70. The van der Waals surface area contributed by atoms with E-state index < -0.39 is 0 Å². The van der Waals surface area contributed by atoms with Gasteiger partial charge in [0.05, 0.1) is 6.61 Å². The smallest absolute Gasteiger partial charge is 0.151 e. The summed E-state index contributed by atoms with van der Waals surface area (Å²) in [5.41, 5.74) is 6.32. The summed E-state index contributed by atoms with van der Waals surface area (Å²) in [6.45, 7) is 2.59. The van der Waals surface area contributed by atoms with Gasteiger partial charge in [0, 0.05) is 5.75 Å². The zero-order chi connectivity index (χ0) is 10.4. The van der Waals surface area contributed by atoms with Crippen LogP contribution in [0.25, 0.3) is 0 Å². The maximum Gasteiger partial charge on any atom is 0.151 e. The summed E-state index contributed by atoms with van der Waals surface area (Å²) in [7, 11) is 0. The molecule has 3 nitrogen and oxygen atoms in total. The van der Waals surface area contributed by atoms with Gasteiger partial charge < -0.3 is 10.5 Å². The predicted octanol–water partition coefficient (Wildman–Crippen LogP) is 2.00. The second-order valence-corrected chi connectivity index (χ2v) is 3.96. The third-order valence-corrected chi connectivity index (χ3v) is 2.37. The predicted molar refractivity (Wildman–Crippen MR) is 61.0 cm³/mol. The van der Waals surface area contributed by atoms with Crippen LogP contribution in [-0.4, -0.2) is 17.5 Å². The summed E-state index contributed by atoms with van der Waals surface area (Å²) in [6, 6.07) is 7.87. The average molecular weight is 210 g/mol. The van der Waals surface area contributed by atoms with E-state index >= 15 is 0 Å². The minimum absolute atomic E-state index is 0.137. The van der Waals surface area contributed by atoms with Gasteiger partial charge in [0.2, 0.25) is 0 Å². The van der Waals surface area contributed by atoms with Crippen LogP contribution >= 0.6 is 11.8 Å². The summed E-state index contributed by atoms with van der Waals surface area (Å²) in [5.74, 6) is 1.61. The van der Waals surface area contributed by atoms with Gasteiger partial charge in [0.1, 0.15) is 5.75 Å². The van der Waals surface area contributed by atoms with Gasteiger partial charge in [0.25, 0.3) is 0 Å². The van der Waals surface area contributed by atoms with Crippen molar-refractivity contribution in [2.75, 3.05) is 12.4 Å². The first kappa shape index (κ1) is 10.9. The number of aryl methyl sites for hydroxylation is 1. The van der Waals surface area contributed by atoms with Crippen LogP contribution in [0, 0.1) is 12.3 Å². The molecule has 0 aliphatic heterocycles. The molecule has 14 heavy (non-hydrogen) atoms. The Labute approximate surface area is 88.2 Å². The van der Waals surface area contributed by atoms with Gasteiger partial charge in [-0.25, -0.2) is 0 Å². The number of amidine groups is 1. The number of nitrogens with two attached hydrogens (primary N) is 1. The number of rotatable bonds is 4. The summed E-state index contributed by atoms with van der Waals surface area (Å²) >= 11 is 1.29. The molecule has 0 radical (unpaired) electrons. The van der Waals surface area contributed by atoms with E-state index in [4.69, 9.17) is 15.9 Å². The van der Waals surface area contributed by atoms with Gasteiger partial charge in [-0.3, -0.25) is 5.41 Å². The van der Waals surface area contributed by atoms with Gasteiger partial charge in [0.15, 0.2) is 5.17 Å². The Kier molecular flexibility index (Phi) is 4.32. The standard InChI is InChI=1S/C10H14N2OS/c1-8-4-2-3-5-9(8)13-6-7-14-10(11)12/h2-5H,6-7H2,1H3,(H3,11,12). The highest BCUT2D eigenvalue weighted by atomic mass is 32.2. The Morgan fingerprint density at radius 3 is 2.86 bits per heavy atom. The molecule has 0 aliphatic rings. The lowest BCUT2D eigenvalue weighted by molar-refractivity contribution is 0.342. The lowest BCUT2D eigenvalue weighted by atomic mass is 10.2. The van der Waals surface area contributed by atoms with E-state index in [9.17, 15) is 0 Å². The summed E-state index contributed by atoms with van der Waals surface area (Å²) in [5, 5.41) is 7.14. The van der Waals surface area contributed by atoms with E-state index in [1.54, 1.807) is 0 Å². The maximum absolute atomic E-state index is 7.00. The van der Waals surface area contributed by atoms with Gasteiger partial charge in [-0.1, -0.05) is 30.0 Å². The molecule has 0 aromatic heterocycles. The highest BCUT2D eigenvalue weighted by Gasteiger charge is 1.97. The molecule has 0 heterocycles. The van der Waals surface area contributed by atoms with Crippen molar-refractivity contribution >= 4 is 16.9 Å². The van der Waals surface area contributed by atoms with Crippen LogP contribution in [0.5, 0.6) is 5.75 Å². The first-order valence-electron chi connectivity index (χ1n) is 4.35. The molecule has 76 valence electrons. The van der Waals surface area contributed by atoms with Crippen molar-refractivity contribution in [3.05, 3.63) is 29.8 Å². The molecule has 0 aliphatic carbocycles. The monoisotopic (exact) mass is 210 g/mol. The van der Waals surface area contributed by atoms with Crippen LogP contribution in [0.15, 0.2) is 24.3 Å². The number of thioether (sulfide) groups is 1. The van der Waals surface area contributed by atoms with Crippen molar-refractivity contribution in [1.82, 2.24) is 0 Å². The molecule has 4 heteroatoms. The molecular formula is C10H14N2OS. The molecule has 1 rings (SSSR count). The zero-order valence-corrected chi connectivity index (χ0v) is 8.93. The van der Waals surface area contributed by atoms with Crippen molar-refractivity contribution in [2.45, 2.75) is 6.92 Å². The molecule has 0 atom stereocenters. The van der Waals surface area contributed by atoms with Crippen LogP contribution in [0.2, 0.25) is 0 Å². The Hall–Kier alpha value is -1.16. The van der Waals surface area contributed by atoms with E-state index in [0.29, 0.717) is 12.4 Å². The third-order valence-electron chi connectivity index (χ3n) is 1.69. The van der Waals surface area contributed by atoms with Crippen molar-refractivity contribution < 1.29 is 4.74 Å². The number of benzene rings is 1. The first-order valence-corrected chi connectivity index (χ1v) is 5.34. The fraction of sp³-hybridized carbons (Fsp3) is 0.300. The summed E-state index contributed by atoms with van der Waals surface area (Å²) < 4.78 is 5.51. The Bertz CT molecular complexity index is 315. The van der Waals surface area contributed by atoms with E-state index in [0.717, 1.165) is 11.3 Å². The fourth-order valence-electron chi connectivity index (χ4n) is 1.02. The molecule has 1 aromatic carbocycles. The van der Waals surface area contributed by atoms with E-state index in [1.165, 1.54) is 11.8 Å². The van der Waals surface area contributed by atoms with Gasteiger partial charge in [-0.2, -0.15) is 0 Å². The fourth-order valence-corrected chi connectivity index (χ4v) is 1.41. The van der Waals surface area contributed by atoms with E-state index in [1.807, 2.05) is 31.2 Å². The quantitative estimate of drug-likeness (QED) is 0.454. The minimum Gasteiger partial charge on any atom is -0.492 e. The van der Waals surface area contributed by atoms with Crippen LogP contribution in [0.4, 0.5) is 0 Å². The van der Waals surface area contributed by atoms with E-state index in [-0.39, 0.29) is 5.17 Å².